The number of ether oxygens (including phenoxy) is 1. The minimum atomic E-state index is -0.408. The predicted octanol–water partition coefficient (Wildman–Crippen LogP) is 1.94. The molecule has 0 unspecified atom stereocenters. The molecule has 4 heteroatoms. The van der Waals surface area contributed by atoms with Crippen LogP contribution in [0.5, 0.6) is 0 Å². The van der Waals surface area contributed by atoms with Gasteiger partial charge in [-0.05, 0) is 17.7 Å². The average Bonchev–Trinajstić information content (AvgIpc) is 2.46. The van der Waals surface area contributed by atoms with E-state index in [1.807, 2.05) is 30.3 Å². The Morgan fingerprint density at radius 1 is 1.22 bits per heavy atom. The Bertz CT molecular complexity index is 500. The number of hydrogen-bond donors (Lipinski definition) is 1. The van der Waals surface area contributed by atoms with E-state index in [-0.39, 0.29) is 12.6 Å². The molecule has 1 heterocycles. The highest BCUT2D eigenvalue weighted by atomic mass is 16.5. The second kappa shape index (κ2) is 5.93. The van der Waals surface area contributed by atoms with Gasteiger partial charge in [0.05, 0.1) is 11.6 Å². The third-order valence-corrected chi connectivity index (χ3v) is 2.52. The maximum absolute atomic E-state index is 11.7. The van der Waals surface area contributed by atoms with Crippen LogP contribution in [0.15, 0.2) is 54.9 Å². The quantitative estimate of drug-likeness (QED) is 0.832. The van der Waals surface area contributed by atoms with Gasteiger partial charge in [-0.25, -0.2) is 4.79 Å². The summed E-state index contributed by atoms with van der Waals surface area (Å²) in [7, 11) is 0. The van der Waals surface area contributed by atoms with Crippen LogP contribution >= 0.6 is 0 Å². The van der Waals surface area contributed by atoms with Gasteiger partial charge >= 0.3 is 5.97 Å². The van der Waals surface area contributed by atoms with Crippen molar-refractivity contribution in [2.75, 3.05) is 6.61 Å². The first kappa shape index (κ1) is 12.3. The van der Waals surface area contributed by atoms with Crippen molar-refractivity contribution in [2.24, 2.45) is 5.73 Å². The van der Waals surface area contributed by atoms with Crippen molar-refractivity contribution in [1.29, 1.82) is 0 Å². The molecule has 0 amide bonds. The van der Waals surface area contributed by atoms with Crippen LogP contribution in [-0.2, 0) is 4.74 Å². The van der Waals surface area contributed by atoms with Crippen molar-refractivity contribution in [3.63, 3.8) is 0 Å². The minimum absolute atomic E-state index is 0.151. The maximum atomic E-state index is 11.7. The lowest BCUT2D eigenvalue weighted by Crippen LogP contribution is -2.19. The molecule has 0 spiro atoms. The molecule has 2 N–H and O–H groups in total. The smallest absolute Gasteiger partial charge is 0.339 e. The number of benzene rings is 1. The van der Waals surface area contributed by atoms with Crippen molar-refractivity contribution in [1.82, 2.24) is 4.98 Å². The number of nitrogens with zero attached hydrogens (tertiary/aromatic N) is 1. The summed E-state index contributed by atoms with van der Waals surface area (Å²) in [5.41, 5.74) is 7.30. The van der Waals surface area contributed by atoms with Crippen molar-refractivity contribution < 1.29 is 9.53 Å². The predicted molar refractivity (Wildman–Crippen MR) is 67.9 cm³/mol. The number of rotatable bonds is 4. The second-order valence-electron chi connectivity index (χ2n) is 3.86. The number of hydrogen-bond acceptors (Lipinski definition) is 4. The zero-order chi connectivity index (χ0) is 12.8. The van der Waals surface area contributed by atoms with Crippen LogP contribution in [0.2, 0.25) is 0 Å². The molecule has 2 aromatic rings. The Labute approximate surface area is 105 Å². The summed E-state index contributed by atoms with van der Waals surface area (Å²) in [6, 6.07) is 12.6. The third kappa shape index (κ3) is 3.15. The summed E-state index contributed by atoms with van der Waals surface area (Å²) in [5.74, 6) is -0.408. The normalized spacial score (nSPS) is 11.8. The van der Waals surface area contributed by atoms with Gasteiger partial charge in [0, 0.05) is 12.4 Å². The van der Waals surface area contributed by atoms with Crippen LogP contribution in [0.1, 0.15) is 22.0 Å². The molecule has 0 fully saturated rings. The lowest BCUT2D eigenvalue weighted by atomic mass is 10.1. The Morgan fingerprint density at radius 3 is 2.67 bits per heavy atom. The highest BCUT2D eigenvalue weighted by molar-refractivity contribution is 5.88. The van der Waals surface area contributed by atoms with E-state index in [0.29, 0.717) is 5.56 Å². The maximum Gasteiger partial charge on any atom is 0.339 e. The van der Waals surface area contributed by atoms with Gasteiger partial charge in [-0.15, -0.1) is 0 Å². The van der Waals surface area contributed by atoms with Crippen LogP contribution in [0.4, 0.5) is 0 Å². The largest absolute Gasteiger partial charge is 0.460 e. The first-order valence-electron chi connectivity index (χ1n) is 5.65. The first-order chi connectivity index (χ1) is 8.77. The highest BCUT2D eigenvalue weighted by Crippen LogP contribution is 2.10. The molecule has 1 aromatic heterocycles. The van der Waals surface area contributed by atoms with E-state index >= 15 is 0 Å². The van der Waals surface area contributed by atoms with E-state index < -0.39 is 5.97 Å². The fraction of sp³-hybridized carbons (Fsp3) is 0.143. The van der Waals surface area contributed by atoms with Crippen LogP contribution < -0.4 is 5.73 Å². The van der Waals surface area contributed by atoms with Gasteiger partial charge in [-0.3, -0.25) is 4.98 Å². The van der Waals surface area contributed by atoms with Crippen LogP contribution in [-0.4, -0.2) is 17.6 Å². The summed E-state index contributed by atoms with van der Waals surface area (Å²) in [6.07, 6.45) is 3.07. The van der Waals surface area contributed by atoms with Crippen molar-refractivity contribution in [2.45, 2.75) is 6.04 Å². The van der Waals surface area contributed by atoms with Gasteiger partial charge in [0.1, 0.15) is 6.61 Å². The van der Waals surface area contributed by atoms with Crippen LogP contribution in [0, 0.1) is 0 Å². The number of pyridine rings is 1. The Kier molecular flexibility index (Phi) is 4.04. The lowest BCUT2D eigenvalue weighted by molar-refractivity contribution is 0.0480. The van der Waals surface area contributed by atoms with Crippen molar-refractivity contribution in [3.05, 3.63) is 66.0 Å². The molecule has 0 radical (unpaired) electrons. The number of aromatic nitrogens is 1. The van der Waals surface area contributed by atoms with E-state index in [9.17, 15) is 4.79 Å². The van der Waals surface area contributed by atoms with Gasteiger partial charge in [-0.2, -0.15) is 0 Å². The van der Waals surface area contributed by atoms with Crippen molar-refractivity contribution in [3.8, 4) is 0 Å². The number of carbonyl (C=O) groups is 1. The molecule has 0 saturated heterocycles. The standard InChI is InChI=1S/C14H14N2O2/c15-13(11-5-2-1-3-6-11)10-18-14(17)12-7-4-8-16-9-12/h1-9,13H,10,15H2/t13-/m1/s1. The Balaban J connectivity index is 1.91. The van der Waals surface area contributed by atoms with Gasteiger partial charge in [0.2, 0.25) is 0 Å². The molecule has 0 saturated carbocycles. The first-order valence-corrected chi connectivity index (χ1v) is 5.65. The fourth-order valence-corrected chi connectivity index (χ4v) is 1.53. The van der Waals surface area contributed by atoms with Crippen molar-refractivity contribution >= 4 is 5.97 Å². The molecule has 92 valence electrons. The molecular formula is C14H14N2O2. The molecule has 1 atom stereocenters. The van der Waals surface area contributed by atoms with E-state index in [0.717, 1.165) is 5.56 Å². The number of esters is 1. The summed E-state index contributed by atoms with van der Waals surface area (Å²) in [5, 5.41) is 0. The summed E-state index contributed by atoms with van der Waals surface area (Å²) in [4.78, 5) is 15.5. The zero-order valence-electron chi connectivity index (χ0n) is 9.82. The molecule has 0 aliphatic carbocycles. The van der Waals surface area contributed by atoms with E-state index in [1.54, 1.807) is 18.3 Å². The van der Waals surface area contributed by atoms with E-state index in [4.69, 9.17) is 10.5 Å². The van der Waals surface area contributed by atoms with Gasteiger partial charge in [0.25, 0.3) is 0 Å². The molecule has 0 bridgehead atoms. The van der Waals surface area contributed by atoms with Gasteiger partial charge < -0.3 is 10.5 Å². The molecule has 18 heavy (non-hydrogen) atoms. The summed E-state index contributed by atoms with van der Waals surface area (Å²) in [6.45, 7) is 0.151. The second-order valence-corrected chi connectivity index (χ2v) is 3.86. The van der Waals surface area contributed by atoms with Crippen LogP contribution in [0.25, 0.3) is 0 Å². The molecule has 0 aliphatic rings. The fourth-order valence-electron chi connectivity index (χ4n) is 1.53. The Hall–Kier alpha value is -2.20. The topological polar surface area (TPSA) is 65.2 Å². The average molecular weight is 242 g/mol. The highest BCUT2D eigenvalue weighted by Gasteiger charge is 2.11. The minimum Gasteiger partial charge on any atom is -0.460 e. The Morgan fingerprint density at radius 2 is 2.00 bits per heavy atom. The van der Waals surface area contributed by atoms with E-state index in [2.05, 4.69) is 4.98 Å². The summed E-state index contributed by atoms with van der Waals surface area (Å²) < 4.78 is 5.14. The molecular weight excluding hydrogens is 228 g/mol. The lowest BCUT2D eigenvalue weighted by Gasteiger charge is -2.12. The zero-order valence-corrected chi connectivity index (χ0v) is 9.82. The van der Waals surface area contributed by atoms with Gasteiger partial charge in [0.15, 0.2) is 0 Å². The third-order valence-electron chi connectivity index (χ3n) is 2.52. The van der Waals surface area contributed by atoms with E-state index in [1.165, 1.54) is 6.20 Å². The summed E-state index contributed by atoms with van der Waals surface area (Å²) >= 11 is 0. The van der Waals surface area contributed by atoms with Gasteiger partial charge in [-0.1, -0.05) is 30.3 Å². The SMILES string of the molecule is N[C@H](COC(=O)c1cccnc1)c1ccccc1. The number of carbonyl (C=O) groups excluding carboxylic acids is 1. The molecule has 4 nitrogen and oxygen atoms in total. The molecule has 0 aliphatic heterocycles. The monoisotopic (exact) mass is 242 g/mol. The van der Waals surface area contributed by atoms with Crippen LogP contribution in [0.3, 0.4) is 0 Å². The molecule has 2 rings (SSSR count). The molecule has 1 aromatic carbocycles. The number of nitrogens with two attached hydrogens (primary N) is 1.